The third-order valence-electron chi connectivity index (χ3n) is 3.03. The van der Waals surface area contributed by atoms with E-state index in [1.165, 1.54) is 17.0 Å². The molecule has 0 radical (unpaired) electrons. The van der Waals surface area contributed by atoms with Crippen LogP contribution in [0, 0.1) is 5.82 Å². The summed E-state index contributed by atoms with van der Waals surface area (Å²) in [6.45, 7) is 1.32. The fourth-order valence-electron chi connectivity index (χ4n) is 1.80. The van der Waals surface area contributed by atoms with Crippen molar-refractivity contribution in [3.63, 3.8) is 0 Å². The van der Waals surface area contributed by atoms with E-state index >= 15 is 0 Å². The van der Waals surface area contributed by atoms with Crippen molar-refractivity contribution in [1.82, 2.24) is 9.80 Å². The lowest BCUT2D eigenvalue weighted by Gasteiger charge is -2.24. The number of aliphatic carboxylic acids is 1. The van der Waals surface area contributed by atoms with Gasteiger partial charge in [0.1, 0.15) is 5.82 Å². The van der Waals surface area contributed by atoms with Crippen LogP contribution in [0.2, 0.25) is 0 Å². The molecule has 0 aliphatic carbocycles. The fraction of sp³-hybridized carbons (Fsp3) is 0.467. The molecule has 0 atom stereocenters. The molecule has 0 spiro atoms. The van der Waals surface area contributed by atoms with E-state index in [-0.39, 0.29) is 31.1 Å². The Morgan fingerprint density at radius 2 is 1.71 bits per heavy atom. The van der Waals surface area contributed by atoms with Gasteiger partial charge in [-0.25, -0.2) is 4.39 Å². The number of carbonyl (C=O) groups excluding carboxylic acids is 1. The number of halogens is 1. The van der Waals surface area contributed by atoms with Crippen LogP contribution < -0.4 is 0 Å². The molecule has 0 bridgehead atoms. The lowest BCUT2D eigenvalue weighted by molar-refractivity contribution is -0.138. The Bertz CT molecular complexity index is 474. The minimum atomic E-state index is -0.931. The van der Waals surface area contributed by atoms with E-state index in [2.05, 4.69) is 0 Å². The maximum Gasteiger partial charge on any atom is 0.305 e. The first-order chi connectivity index (χ1) is 9.88. The third kappa shape index (κ3) is 6.85. The van der Waals surface area contributed by atoms with Crippen molar-refractivity contribution in [2.75, 3.05) is 33.7 Å². The van der Waals surface area contributed by atoms with E-state index in [1.54, 1.807) is 12.1 Å². The highest BCUT2D eigenvalue weighted by atomic mass is 19.1. The summed E-state index contributed by atoms with van der Waals surface area (Å²) in [4.78, 5) is 26.4. The zero-order valence-electron chi connectivity index (χ0n) is 12.4. The summed E-state index contributed by atoms with van der Waals surface area (Å²) in [7, 11) is 3.78. The van der Waals surface area contributed by atoms with Crippen LogP contribution >= 0.6 is 0 Å². The molecule has 1 aromatic rings. The monoisotopic (exact) mass is 296 g/mol. The number of carboxylic acid groups (broad SMARTS) is 1. The highest BCUT2D eigenvalue weighted by Crippen LogP contribution is 2.06. The number of nitrogens with zero attached hydrogens (tertiary/aromatic N) is 2. The van der Waals surface area contributed by atoms with Gasteiger partial charge >= 0.3 is 5.97 Å². The van der Waals surface area contributed by atoms with Gasteiger partial charge in [-0.1, -0.05) is 12.1 Å². The van der Waals surface area contributed by atoms with Crippen LogP contribution in [0.25, 0.3) is 0 Å². The molecule has 0 saturated heterocycles. The molecule has 1 N–H and O–H groups in total. The van der Waals surface area contributed by atoms with Crippen LogP contribution in [-0.4, -0.2) is 60.5 Å². The molecular formula is C15H21FN2O3. The summed E-state index contributed by atoms with van der Waals surface area (Å²) in [5, 5.41) is 8.75. The summed E-state index contributed by atoms with van der Waals surface area (Å²) in [5.74, 6) is -1.43. The predicted molar refractivity (Wildman–Crippen MR) is 77.5 cm³/mol. The van der Waals surface area contributed by atoms with Gasteiger partial charge in [0.25, 0.3) is 0 Å². The van der Waals surface area contributed by atoms with Crippen LogP contribution in [0.3, 0.4) is 0 Å². The predicted octanol–water partition coefficient (Wildman–Crippen LogP) is 1.23. The first kappa shape index (κ1) is 17.1. The van der Waals surface area contributed by atoms with Crippen molar-refractivity contribution < 1.29 is 19.1 Å². The van der Waals surface area contributed by atoms with Gasteiger partial charge in [0.2, 0.25) is 5.91 Å². The molecule has 0 aliphatic heterocycles. The second-order valence-corrected chi connectivity index (χ2v) is 5.13. The van der Waals surface area contributed by atoms with Crippen LogP contribution in [0.5, 0.6) is 0 Å². The van der Waals surface area contributed by atoms with Gasteiger partial charge in [0, 0.05) is 19.6 Å². The molecule has 0 aliphatic rings. The van der Waals surface area contributed by atoms with Crippen molar-refractivity contribution in [1.29, 1.82) is 0 Å². The SMILES string of the molecule is CN(C)CCN(CCC(=O)O)C(=O)Cc1ccc(F)cc1. The van der Waals surface area contributed by atoms with Crippen LogP contribution in [-0.2, 0) is 16.0 Å². The zero-order valence-corrected chi connectivity index (χ0v) is 12.4. The number of amides is 1. The van der Waals surface area contributed by atoms with Gasteiger partial charge in [-0.05, 0) is 31.8 Å². The van der Waals surface area contributed by atoms with E-state index in [9.17, 15) is 14.0 Å². The lowest BCUT2D eigenvalue weighted by Crippen LogP contribution is -2.38. The summed E-state index contributed by atoms with van der Waals surface area (Å²) < 4.78 is 12.8. The van der Waals surface area contributed by atoms with E-state index in [0.717, 1.165) is 0 Å². The average Bonchev–Trinajstić information content (AvgIpc) is 2.40. The van der Waals surface area contributed by atoms with Crippen LogP contribution in [0.1, 0.15) is 12.0 Å². The number of benzene rings is 1. The van der Waals surface area contributed by atoms with Crippen LogP contribution in [0.4, 0.5) is 4.39 Å². The minimum Gasteiger partial charge on any atom is -0.481 e. The fourth-order valence-corrected chi connectivity index (χ4v) is 1.80. The quantitative estimate of drug-likeness (QED) is 0.784. The molecule has 1 rings (SSSR count). The summed E-state index contributed by atoms with van der Waals surface area (Å²) >= 11 is 0. The highest BCUT2D eigenvalue weighted by Gasteiger charge is 2.15. The maximum absolute atomic E-state index is 12.8. The van der Waals surface area contributed by atoms with Crippen molar-refractivity contribution in [2.45, 2.75) is 12.8 Å². The topological polar surface area (TPSA) is 60.9 Å². The Morgan fingerprint density at radius 1 is 1.10 bits per heavy atom. The van der Waals surface area contributed by atoms with Crippen molar-refractivity contribution in [3.8, 4) is 0 Å². The van der Waals surface area contributed by atoms with Gasteiger partial charge in [-0.3, -0.25) is 9.59 Å². The second kappa shape index (κ2) is 8.36. The standard InChI is InChI=1S/C15H21FN2O3/c1-17(2)9-10-18(8-7-15(20)21)14(19)11-12-3-5-13(16)6-4-12/h3-6H,7-11H2,1-2H3,(H,20,21). The lowest BCUT2D eigenvalue weighted by atomic mass is 10.1. The molecule has 0 aromatic heterocycles. The van der Waals surface area contributed by atoms with E-state index in [1.807, 2.05) is 19.0 Å². The summed E-state index contributed by atoms with van der Waals surface area (Å²) in [6, 6.07) is 5.75. The number of carboxylic acids is 1. The third-order valence-corrected chi connectivity index (χ3v) is 3.03. The average molecular weight is 296 g/mol. The van der Waals surface area contributed by atoms with Gasteiger partial charge in [0.05, 0.1) is 12.8 Å². The van der Waals surface area contributed by atoms with Gasteiger partial charge in [-0.2, -0.15) is 0 Å². The molecule has 0 saturated carbocycles. The second-order valence-electron chi connectivity index (χ2n) is 5.13. The molecule has 116 valence electrons. The number of hydrogen-bond acceptors (Lipinski definition) is 3. The first-order valence-electron chi connectivity index (χ1n) is 6.77. The Morgan fingerprint density at radius 3 is 2.24 bits per heavy atom. The molecule has 0 unspecified atom stereocenters. The van der Waals surface area contributed by atoms with Gasteiger partial charge < -0.3 is 14.9 Å². The Hall–Kier alpha value is -1.95. The number of rotatable bonds is 8. The van der Waals surface area contributed by atoms with E-state index in [0.29, 0.717) is 18.7 Å². The molecule has 1 amide bonds. The smallest absolute Gasteiger partial charge is 0.305 e. The van der Waals surface area contributed by atoms with Gasteiger partial charge in [0.15, 0.2) is 0 Å². The maximum atomic E-state index is 12.8. The molecule has 0 fully saturated rings. The van der Waals surface area contributed by atoms with Crippen molar-refractivity contribution >= 4 is 11.9 Å². The normalized spacial score (nSPS) is 10.7. The summed E-state index contributed by atoms with van der Waals surface area (Å²) in [6.07, 6.45) is 0.0654. The Kier molecular flexibility index (Phi) is 6.81. The number of carbonyl (C=O) groups is 2. The highest BCUT2D eigenvalue weighted by molar-refractivity contribution is 5.79. The largest absolute Gasteiger partial charge is 0.481 e. The molecular weight excluding hydrogens is 275 g/mol. The molecule has 5 nitrogen and oxygen atoms in total. The van der Waals surface area contributed by atoms with Crippen molar-refractivity contribution in [2.24, 2.45) is 0 Å². The molecule has 6 heteroatoms. The van der Waals surface area contributed by atoms with Crippen molar-refractivity contribution in [3.05, 3.63) is 35.6 Å². The molecule has 1 aromatic carbocycles. The summed E-state index contributed by atoms with van der Waals surface area (Å²) in [5.41, 5.74) is 0.714. The number of hydrogen-bond donors (Lipinski definition) is 1. The number of likely N-dealkylation sites (N-methyl/N-ethyl adjacent to an activating group) is 1. The zero-order chi connectivity index (χ0) is 15.8. The van der Waals surface area contributed by atoms with E-state index < -0.39 is 5.97 Å². The van der Waals surface area contributed by atoms with Gasteiger partial charge in [-0.15, -0.1) is 0 Å². The first-order valence-corrected chi connectivity index (χ1v) is 6.77. The van der Waals surface area contributed by atoms with E-state index in [4.69, 9.17) is 5.11 Å². The molecule has 0 heterocycles. The Labute approximate surface area is 124 Å². The Balaban J connectivity index is 2.64. The minimum absolute atomic E-state index is 0.0808. The molecule has 21 heavy (non-hydrogen) atoms. The van der Waals surface area contributed by atoms with Crippen LogP contribution in [0.15, 0.2) is 24.3 Å².